The van der Waals surface area contributed by atoms with E-state index in [0.717, 1.165) is 12.1 Å². The zero-order chi connectivity index (χ0) is 16.2. The summed E-state index contributed by atoms with van der Waals surface area (Å²) in [5, 5.41) is 8.86. The number of halogens is 1. The molecule has 2 aromatic rings. The Balaban J connectivity index is 2.39. The van der Waals surface area contributed by atoms with Crippen LogP contribution in [0.15, 0.2) is 47.4 Å². The molecule has 0 heterocycles. The fraction of sp³-hybridized carbons (Fsp3) is 0.133. The Bertz CT molecular complexity index is 828. The third-order valence-corrected chi connectivity index (χ3v) is 3.89. The van der Waals surface area contributed by atoms with Crippen molar-refractivity contribution in [2.75, 3.05) is 6.61 Å². The lowest BCUT2D eigenvalue weighted by atomic mass is 10.2. The molecule has 7 heteroatoms. The van der Waals surface area contributed by atoms with Crippen LogP contribution in [-0.2, 0) is 10.1 Å². The van der Waals surface area contributed by atoms with Crippen molar-refractivity contribution in [1.82, 2.24) is 0 Å². The van der Waals surface area contributed by atoms with Gasteiger partial charge in [0.1, 0.15) is 10.7 Å². The summed E-state index contributed by atoms with van der Waals surface area (Å²) >= 11 is 0. The molecular formula is C15H12FNO4S. The van der Waals surface area contributed by atoms with Gasteiger partial charge in [-0.3, -0.25) is 0 Å². The molecule has 0 spiro atoms. The zero-order valence-corrected chi connectivity index (χ0v) is 12.4. The van der Waals surface area contributed by atoms with Crippen LogP contribution in [0.25, 0.3) is 0 Å². The van der Waals surface area contributed by atoms with Gasteiger partial charge < -0.3 is 8.92 Å². The van der Waals surface area contributed by atoms with Crippen molar-refractivity contribution in [2.24, 2.45) is 0 Å². The molecule has 0 aliphatic carbocycles. The average molecular weight is 321 g/mol. The van der Waals surface area contributed by atoms with Crippen LogP contribution in [0.5, 0.6) is 11.5 Å². The topological polar surface area (TPSA) is 76.4 Å². The first-order chi connectivity index (χ1) is 10.5. The highest BCUT2D eigenvalue weighted by molar-refractivity contribution is 7.87. The van der Waals surface area contributed by atoms with Gasteiger partial charge in [-0.05, 0) is 37.3 Å². The van der Waals surface area contributed by atoms with Crippen molar-refractivity contribution in [3.63, 3.8) is 0 Å². The molecule has 2 aromatic carbocycles. The van der Waals surface area contributed by atoms with E-state index in [1.165, 1.54) is 30.3 Å². The van der Waals surface area contributed by atoms with Gasteiger partial charge in [0.2, 0.25) is 0 Å². The van der Waals surface area contributed by atoms with Crippen LogP contribution < -0.4 is 8.92 Å². The summed E-state index contributed by atoms with van der Waals surface area (Å²) in [6.07, 6.45) is 0. The molecule has 0 aromatic heterocycles. The maximum Gasteiger partial charge on any atom is 0.339 e. The summed E-state index contributed by atoms with van der Waals surface area (Å²) in [6, 6.07) is 10.5. The second-order valence-corrected chi connectivity index (χ2v) is 5.75. The molecule has 0 unspecified atom stereocenters. The summed E-state index contributed by atoms with van der Waals surface area (Å²) in [5.74, 6) is -0.624. The van der Waals surface area contributed by atoms with E-state index < -0.39 is 15.9 Å². The maximum absolute atomic E-state index is 13.2. The fourth-order valence-electron chi connectivity index (χ4n) is 1.70. The first-order valence-corrected chi connectivity index (χ1v) is 7.74. The molecule has 0 saturated carbocycles. The Hall–Kier alpha value is -2.59. The van der Waals surface area contributed by atoms with E-state index in [4.69, 9.17) is 14.2 Å². The largest absolute Gasteiger partial charge is 0.490 e. The first-order valence-electron chi connectivity index (χ1n) is 6.33. The molecule has 0 atom stereocenters. The Morgan fingerprint density at radius 1 is 1.18 bits per heavy atom. The number of rotatable bonds is 5. The third kappa shape index (κ3) is 3.54. The van der Waals surface area contributed by atoms with E-state index in [-0.39, 0.29) is 23.0 Å². The number of nitrogens with zero attached hydrogens (tertiary/aromatic N) is 1. The molecule has 0 N–H and O–H groups in total. The van der Waals surface area contributed by atoms with Crippen molar-refractivity contribution in [3.05, 3.63) is 53.8 Å². The molecule has 5 nitrogen and oxygen atoms in total. The molecule has 0 fully saturated rings. The molecule has 0 amide bonds. The standard InChI is InChI=1S/C15H12FNO4S/c1-2-20-15-8-11(10-17)6-7-14(15)21-22(18,19)13-5-3-4-12(16)9-13/h3-9H,2H2,1H3. The molecule has 2 rings (SSSR count). The van der Waals surface area contributed by atoms with Crippen molar-refractivity contribution >= 4 is 10.1 Å². The fourth-order valence-corrected chi connectivity index (χ4v) is 2.68. The number of nitriles is 1. The second-order valence-electron chi connectivity index (χ2n) is 4.20. The molecule has 0 radical (unpaired) electrons. The Morgan fingerprint density at radius 3 is 2.59 bits per heavy atom. The summed E-state index contributed by atoms with van der Waals surface area (Å²) in [7, 11) is -4.20. The van der Waals surface area contributed by atoms with Gasteiger partial charge in [-0.2, -0.15) is 13.7 Å². The van der Waals surface area contributed by atoms with Crippen LogP contribution in [0.3, 0.4) is 0 Å². The van der Waals surface area contributed by atoms with Crippen molar-refractivity contribution in [3.8, 4) is 17.6 Å². The molecule has 114 valence electrons. The molecule has 0 aliphatic rings. The zero-order valence-electron chi connectivity index (χ0n) is 11.6. The van der Waals surface area contributed by atoms with Crippen LogP contribution >= 0.6 is 0 Å². The monoisotopic (exact) mass is 321 g/mol. The molecule has 0 aliphatic heterocycles. The average Bonchev–Trinajstić information content (AvgIpc) is 2.49. The highest BCUT2D eigenvalue weighted by atomic mass is 32.2. The SMILES string of the molecule is CCOc1cc(C#N)ccc1OS(=O)(=O)c1cccc(F)c1. The summed E-state index contributed by atoms with van der Waals surface area (Å²) in [4.78, 5) is -0.306. The minimum Gasteiger partial charge on any atom is -0.490 e. The Kier molecular flexibility index (Phi) is 4.63. The quantitative estimate of drug-likeness (QED) is 0.791. The van der Waals surface area contributed by atoms with Gasteiger partial charge >= 0.3 is 10.1 Å². The highest BCUT2D eigenvalue weighted by Gasteiger charge is 2.20. The maximum atomic E-state index is 13.2. The lowest BCUT2D eigenvalue weighted by Gasteiger charge is -2.12. The van der Waals surface area contributed by atoms with Crippen LogP contribution in [0, 0.1) is 17.1 Å². The Morgan fingerprint density at radius 2 is 1.95 bits per heavy atom. The van der Waals surface area contributed by atoms with Gasteiger partial charge in [-0.1, -0.05) is 6.07 Å². The van der Waals surface area contributed by atoms with E-state index in [0.29, 0.717) is 5.56 Å². The first kappa shape index (κ1) is 15.8. The molecule has 0 bridgehead atoms. The van der Waals surface area contributed by atoms with Crippen molar-refractivity contribution in [2.45, 2.75) is 11.8 Å². The molecular weight excluding hydrogens is 309 g/mol. The number of benzene rings is 2. The predicted molar refractivity (Wildman–Crippen MR) is 76.5 cm³/mol. The van der Waals surface area contributed by atoms with Crippen molar-refractivity contribution in [1.29, 1.82) is 5.26 Å². The molecule has 22 heavy (non-hydrogen) atoms. The number of hydrogen-bond donors (Lipinski definition) is 0. The van der Waals surface area contributed by atoms with E-state index in [1.54, 1.807) is 6.92 Å². The second kappa shape index (κ2) is 6.45. The van der Waals surface area contributed by atoms with Gasteiger partial charge in [0.15, 0.2) is 11.5 Å². The van der Waals surface area contributed by atoms with E-state index in [1.807, 2.05) is 6.07 Å². The lowest BCUT2D eigenvalue weighted by molar-refractivity contribution is 0.327. The number of hydrogen-bond acceptors (Lipinski definition) is 5. The van der Waals surface area contributed by atoms with Crippen LogP contribution in [-0.4, -0.2) is 15.0 Å². The lowest BCUT2D eigenvalue weighted by Crippen LogP contribution is -2.11. The minimum absolute atomic E-state index is 0.0647. The normalized spacial score (nSPS) is 10.8. The smallest absolute Gasteiger partial charge is 0.339 e. The van der Waals surface area contributed by atoms with Gasteiger partial charge in [-0.25, -0.2) is 4.39 Å². The number of ether oxygens (including phenoxy) is 1. The Labute approximate surface area is 127 Å². The van der Waals surface area contributed by atoms with Crippen molar-refractivity contribution < 1.29 is 21.7 Å². The van der Waals surface area contributed by atoms with Crippen LogP contribution in [0.2, 0.25) is 0 Å². The predicted octanol–water partition coefficient (Wildman–Crippen LogP) is 2.86. The molecule has 0 saturated heterocycles. The summed E-state index contributed by atoms with van der Waals surface area (Å²) in [5.41, 5.74) is 0.305. The summed E-state index contributed by atoms with van der Waals surface area (Å²) < 4.78 is 47.7. The third-order valence-electron chi connectivity index (χ3n) is 2.66. The van der Waals surface area contributed by atoms with Gasteiger partial charge in [0.05, 0.1) is 18.2 Å². The van der Waals surface area contributed by atoms with E-state index >= 15 is 0 Å². The van der Waals surface area contributed by atoms with Gasteiger partial charge in [-0.15, -0.1) is 0 Å². The highest BCUT2D eigenvalue weighted by Crippen LogP contribution is 2.31. The van der Waals surface area contributed by atoms with Gasteiger partial charge in [0.25, 0.3) is 0 Å². The van der Waals surface area contributed by atoms with Crippen LogP contribution in [0.1, 0.15) is 12.5 Å². The summed E-state index contributed by atoms with van der Waals surface area (Å²) in [6.45, 7) is 1.98. The van der Waals surface area contributed by atoms with E-state index in [9.17, 15) is 12.8 Å². The minimum atomic E-state index is -4.20. The van der Waals surface area contributed by atoms with E-state index in [2.05, 4.69) is 0 Å². The van der Waals surface area contributed by atoms with Crippen LogP contribution in [0.4, 0.5) is 4.39 Å². The van der Waals surface area contributed by atoms with Gasteiger partial charge in [0, 0.05) is 6.07 Å².